The summed E-state index contributed by atoms with van der Waals surface area (Å²) >= 11 is 0. The molecule has 0 saturated heterocycles. The fourth-order valence-corrected chi connectivity index (χ4v) is 1.11. The van der Waals surface area contributed by atoms with Crippen molar-refractivity contribution >= 4 is 11.9 Å². The van der Waals surface area contributed by atoms with E-state index in [1.54, 1.807) is 25.1 Å². The molecule has 1 amide bonds. The van der Waals surface area contributed by atoms with Crippen LogP contribution in [0.25, 0.3) is 0 Å². The Morgan fingerprint density at radius 2 is 2.24 bits per heavy atom. The largest absolute Gasteiger partial charge is 0.456 e. The maximum atomic E-state index is 11.2. The fraction of sp³-hybridized carbons (Fsp3) is 0.167. The molecule has 88 valence electrons. The van der Waals surface area contributed by atoms with E-state index >= 15 is 0 Å². The highest BCUT2D eigenvalue weighted by molar-refractivity contribution is 5.94. The van der Waals surface area contributed by atoms with Crippen LogP contribution in [-0.2, 0) is 9.53 Å². The molecule has 17 heavy (non-hydrogen) atoms. The first-order valence-corrected chi connectivity index (χ1v) is 4.97. The van der Waals surface area contributed by atoms with Crippen LogP contribution < -0.4 is 11.3 Å². The molecule has 0 aliphatic rings. The predicted molar refractivity (Wildman–Crippen MR) is 61.6 cm³/mol. The second kappa shape index (κ2) is 6.30. The van der Waals surface area contributed by atoms with Crippen LogP contribution in [0.5, 0.6) is 0 Å². The molecule has 0 aliphatic carbocycles. The van der Waals surface area contributed by atoms with Crippen molar-refractivity contribution in [3.8, 4) is 11.8 Å². The third kappa shape index (κ3) is 3.97. The van der Waals surface area contributed by atoms with Gasteiger partial charge in [0.15, 0.2) is 0 Å². The van der Waals surface area contributed by atoms with Gasteiger partial charge >= 0.3 is 5.97 Å². The summed E-state index contributed by atoms with van der Waals surface area (Å²) in [6.07, 6.45) is 0. The first-order chi connectivity index (χ1) is 8.17. The summed E-state index contributed by atoms with van der Waals surface area (Å²) in [6.45, 7) is 1.98. The van der Waals surface area contributed by atoms with Gasteiger partial charge in [-0.3, -0.25) is 10.2 Å². The van der Waals surface area contributed by atoms with Gasteiger partial charge < -0.3 is 4.74 Å². The summed E-state index contributed by atoms with van der Waals surface area (Å²) < 4.78 is 4.65. The summed E-state index contributed by atoms with van der Waals surface area (Å²) in [7, 11) is 0. The number of amides is 1. The molecular formula is C12H12N2O3. The van der Waals surface area contributed by atoms with Gasteiger partial charge in [-0.25, -0.2) is 10.6 Å². The summed E-state index contributed by atoms with van der Waals surface area (Å²) in [5.41, 5.74) is 2.93. The molecule has 5 heteroatoms. The van der Waals surface area contributed by atoms with Gasteiger partial charge in [0.05, 0.1) is 6.61 Å². The van der Waals surface area contributed by atoms with Gasteiger partial charge in [-0.15, -0.1) is 0 Å². The van der Waals surface area contributed by atoms with Crippen LogP contribution >= 0.6 is 0 Å². The third-order valence-electron chi connectivity index (χ3n) is 1.84. The van der Waals surface area contributed by atoms with Gasteiger partial charge in [0.1, 0.15) is 0 Å². The molecule has 5 nitrogen and oxygen atoms in total. The highest BCUT2D eigenvalue weighted by Crippen LogP contribution is 2.03. The number of hydrazine groups is 1. The van der Waals surface area contributed by atoms with E-state index in [2.05, 4.69) is 16.6 Å². The van der Waals surface area contributed by atoms with Gasteiger partial charge in [-0.05, 0) is 25.1 Å². The lowest BCUT2D eigenvalue weighted by atomic mass is 10.1. The van der Waals surface area contributed by atoms with E-state index in [0.29, 0.717) is 11.1 Å². The van der Waals surface area contributed by atoms with E-state index in [1.807, 2.05) is 5.43 Å². The SMILES string of the molecule is CCOC(=O)C#Cc1cccc(C(=O)NN)c1. The number of benzene rings is 1. The average Bonchev–Trinajstić information content (AvgIpc) is 2.36. The molecule has 0 bridgehead atoms. The molecule has 0 unspecified atom stereocenters. The van der Waals surface area contributed by atoms with Crippen LogP contribution in [0.4, 0.5) is 0 Å². The van der Waals surface area contributed by atoms with Gasteiger partial charge in [0.2, 0.25) is 0 Å². The zero-order valence-electron chi connectivity index (χ0n) is 9.32. The quantitative estimate of drug-likeness (QED) is 0.251. The maximum absolute atomic E-state index is 11.2. The Labute approximate surface area is 98.9 Å². The Bertz CT molecular complexity index is 486. The minimum atomic E-state index is -0.596. The van der Waals surface area contributed by atoms with Crippen molar-refractivity contribution < 1.29 is 14.3 Å². The zero-order valence-corrected chi connectivity index (χ0v) is 9.32. The normalized spacial score (nSPS) is 8.82. The van der Waals surface area contributed by atoms with Crippen LogP contribution in [0.3, 0.4) is 0 Å². The number of carbonyl (C=O) groups is 2. The molecule has 3 N–H and O–H groups in total. The lowest BCUT2D eigenvalue weighted by Crippen LogP contribution is -2.29. The van der Waals surface area contributed by atoms with Crippen molar-refractivity contribution in [2.45, 2.75) is 6.92 Å². The van der Waals surface area contributed by atoms with Crippen molar-refractivity contribution in [2.24, 2.45) is 5.84 Å². The summed E-state index contributed by atoms with van der Waals surface area (Å²) in [5.74, 6) is 8.91. The van der Waals surface area contributed by atoms with Crippen LogP contribution in [0.15, 0.2) is 24.3 Å². The second-order valence-corrected chi connectivity index (χ2v) is 3.02. The molecular weight excluding hydrogens is 220 g/mol. The van der Waals surface area contributed by atoms with Crippen LogP contribution in [0.1, 0.15) is 22.8 Å². The number of esters is 1. The topological polar surface area (TPSA) is 81.4 Å². The molecule has 0 heterocycles. The van der Waals surface area contributed by atoms with Gasteiger partial charge in [-0.2, -0.15) is 0 Å². The predicted octanol–water partition coefficient (Wildman–Crippen LogP) is 0.205. The monoisotopic (exact) mass is 232 g/mol. The highest BCUT2D eigenvalue weighted by Gasteiger charge is 2.02. The van der Waals surface area contributed by atoms with E-state index in [9.17, 15) is 9.59 Å². The minimum Gasteiger partial charge on any atom is -0.456 e. The number of nitrogen functional groups attached to an aromatic ring is 1. The van der Waals surface area contributed by atoms with Crippen molar-refractivity contribution in [1.82, 2.24) is 5.43 Å². The zero-order chi connectivity index (χ0) is 12.7. The van der Waals surface area contributed by atoms with E-state index in [0.717, 1.165) is 0 Å². The number of nitrogens with two attached hydrogens (primary N) is 1. The summed E-state index contributed by atoms with van der Waals surface area (Å²) in [5, 5.41) is 0. The third-order valence-corrected chi connectivity index (χ3v) is 1.84. The smallest absolute Gasteiger partial charge is 0.384 e. The average molecular weight is 232 g/mol. The van der Waals surface area contributed by atoms with Crippen molar-refractivity contribution in [2.75, 3.05) is 6.61 Å². The lowest BCUT2D eigenvalue weighted by Gasteiger charge is -1.99. The van der Waals surface area contributed by atoms with Crippen LogP contribution in [-0.4, -0.2) is 18.5 Å². The van der Waals surface area contributed by atoms with Gasteiger partial charge in [0.25, 0.3) is 5.91 Å². The first kappa shape index (κ1) is 12.7. The number of rotatable bonds is 2. The van der Waals surface area contributed by atoms with E-state index in [-0.39, 0.29) is 6.61 Å². The van der Waals surface area contributed by atoms with Crippen molar-refractivity contribution in [1.29, 1.82) is 0 Å². The maximum Gasteiger partial charge on any atom is 0.384 e. The second-order valence-electron chi connectivity index (χ2n) is 3.02. The van der Waals surface area contributed by atoms with Crippen LogP contribution in [0.2, 0.25) is 0 Å². The molecule has 0 saturated carbocycles. The molecule has 1 aromatic carbocycles. The minimum absolute atomic E-state index is 0.281. The number of hydrogen-bond donors (Lipinski definition) is 2. The molecule has 0 atom stereocenters. The summed E-state index contributed by atoms with van der Waals surface area (Å²) in [4.78, 5) is 22.2. The number of ether oxygens (including phenoxy) is 1. The van der Waals surface area contributed by atoms with Crippen LogP contribution in [0, 0.1) is 11.8 Å². The van der Waals surface area contributed by atoms with Gasteiger partial charge in [-0.1, -0.05) is 12.0 Å². The number of hydrogen-bond acceptors (Lipinski definition) is 4. The van der Waals surface area contributed by atoms with Crippen molar-refractivity contribution in [3.05, 3.63) is 35.4 Å². The molecule has 1 aromatic rings. The Morgan fingerprint density at radius 3 is 2.88 bits per heavy atom. The Balaban J connectivity index is 2.85. The van der Waals surface area contributed by atoms with Gasteiger partial charge in [0, 0.05) is 17.0 Å². The Hall–Kier alpha value is -2.32. The first-order valence-electron chi connectivity index (χ1n) is 4.97. The number of carbonyl (C=O) groups excluding carboxylic acids is 2. The van der Waals surface area contributed by atoms with E-state index in [4.69, 9.17) is 5.84 Å². The number of nitrogens with one attached hydrogen (secondary N) is 1. The standard InChI is InChI=1S/C12H12N2O3/c1-2-17-11(15)7-6-9-4-3-5-10(8-9)12(16)14-13/h3-5,8H,2,13H2,1H3,(H,14,16). The molecule has 1 rings (SSSR count). The Kier molecular flexibility index (Phi) is 4.73. The molecule has 0 fully saturated rings. The highest BCUT2D eigenvalue weighted by atomic mass is 16.5. The summed E-state index contributed by atoms with van der Waals surface area (Å²) in [6, 6.07) is 6.46. The molecule has 0 aliphatic heterocycles. The lowest BCUT2D eigenvalue weighted by molar-refractivity contribution is -0.136. The molecule has 0 radical (unpaired) electrons. The molecule has 0 aromatic heterocycles. The Morgan fingerprint density at radius 1 is 1.47 bits per heavy atom. The van der Waals surface area contributed by atoms with E-state index < -0.39 is 11.9 Å². The van der Waals surface area contributed by atoms with E-state index in [1.165, 1.54) is 6.07 Å². The van der Waals surface area contributed by atoms with Crippen molar-refractivity contribution in [3.63, 3.8) is 0 Å². The molecule has 0 spiro atoms. The fourth-order valence-electron chi connectivity index (χ4n) is 1.11.